The molecule has 1 aliphatic rings. The molecule has 1 heterocycles. The maximum atomic E-state index is 15.7. The summed E-state index contributed by atoms with van der Waals surface area (Å²) in [7, 11) is -4.26. The fourth-order valence-corrected chi connectivity index (χ4v) is 11.9. The van der Waals surface area contributed by atoms with Gasteiger partial charge in [-0.2, -0.15) is 0 Å². The first-order valence-corrected chi connectivity index (χ1v) is 18.3. The minimum absolute atomic E-state index is 0.133. The molecule has 0 spiro atoms. The third kappa shape index (κ3) is 4.83. The van der Waals surface area contributed by atoms with Crippen molar-refractivity contribution in [1.82, 2.24) is 0 Å². The van der Waals surface area contributed by atoms with Gasteiger partial charge in [-0.05, 0) is 40.7 Å². The molecule has 0 saturated carbocycles. The van der Waals surface area contributed by atoms with Crippen molar-refractivity contribution in [3.63, 3.8) is 0 Å². The molecule has 0 atom stereocenters. The molecule has 0 saturated heterocycles. The molecule has 7 heteroatoms. The van der Waals surface area contributed by atoms with Crippen LogP contribution in [-0.2, 0) is 14.4 Å². The molecule has 0 aromatic heterocycles. The summed E-state index contributed by atoms with van der Waals surface area (Å²) < 4.78 is 54.8. The van der Waals surface area contributed by atoms with E-state index in [9.17, 15) is 8.42 Å². The highest BCUT2D eigenvalue weighted by Crippen LogP contribution is 2.53. The van der Waals surface area contributed by atoms with Crippen LogP contribution in [0.1, 0.15) is 50.7 Å². The number of benzene rings is 5. The first-order valence-electron chi connectivity index (χ1n) is 15.1. The SMILES string of the molecule is COc1cccc2c1S(=O)(=O)c1c-2ccc(-c2ccc(P(=O)(c3ccccc3C(C)C)c3ccccc3C(C)C)cc2)c1OC. The quantitative estimate of drug-likeness (QED) is 0.158. The van der Waals surface area contributed by atoms with Gasteiger partial charge in [0.2, 0.25) is 9.84 Å². The van der Waals surface area contributed by atoms with E-state index in [1.165, 1.54) is 14.2 Å². The van der Waals surface area contributed by atoms with Crippen LogP contribution in [0.4, 0.5) is 0 Å². The zero-order valence-corrected chi connectivity index (χ0v) is 28.1. The Hall–Kier alpha value is -4.12. The van der Waals surface area contributed by atoms with Crippen LogP contribution in [0.25, 0.3) is 22.3 Å². The van der Waals surface area contributed by atoms with Crippen LogP contribution in [0.15, 0.2) is 113 Å². The van der Waals surface area contributed by atoms with Gasteiger partial charge in [-0.1, -0.05) is 119 Å². The van der Waals surface area contributed by atoms with Crippen LogP contribution in [0.3, 0.4) is 0 Å². The minimum atomic E-state index is -3.90. The summed E-state index contributed by atoms with van der Waals surface area (Å²) in [5, 5.41) is 2.40. The number of ether oxygens (including phenoxy) is 2. The fraction of sp³-hybridized carbons (Fsp3) is 0.211. The number of rotatable bonds is 8. The zero-order chi connectivity index (χ0) is 32.1. The standard InChI is InChI=1S/C38H37O5PS/c1-24(2)28-12-7-9-16-34(28)44(39,35-17-10-8-13-29(35)25(3)4)27-20-18-26(19-21-27)30-22-23-32-31-14-11-15-33(42-5)37(31)45(40,41)38(32)36(30)43-6/h7-25H,1-6H3. The molecule has 45 heavy (non-hydrogen) atoms. The Bertz CT molecular complexity index is 2020. The average Bonchev–Trinajstić information content (AvgIpc) is 3.30. The van der Waals surface area contributed by atoms with E-state index < -0.39 is 17.0 Å². The maximum Gasteiger partial charge on any atom is 0.215 e. The fourth-order valence-electron chi connectivity index (χ4n) is 6.52. The summed E-state index contributed by atoms with van der Waals surface area (Å²) in [6.07, 6.45) is 0. The van der Waals surface area contributed by atoms with Crippen molar-refractivity contribution in [2.24, 2.45) is 0 Å². The lowest BCUT2D eigenvalue weighted by atomic mass is 9.99. The third-order valence-corrected chi connectivity index (χ3v) is 13.8. The minimum Gasteiger partial charge on any atom is -0.495 e. The van der Waals surface area contributed by atoms with Gasteiger partial charge in [0.15, 0.2) is 7.14 Å². The zero-order valence-electron chi connectivity index (χ0n) is 26.4. The van der Waals surface area contributed by atoms with Gasteiger partial charge >= 0.3 is 0 Å². The Morgan fingerprint density at radius 3 is 1.64 bits per heavy atom. The van der Waals surface area contributed by atoms with Gasteiger partial charge in [0, 0.05) is 32.6 Å². The van der Waals surface area contributed by atoms with E-state index >= 15 is 4.57 Å². The summed E-state index contributed by atoms with van der Waals surface area (Å²) in [6.45, 7) is 8.51. The molecule has 0 fully saturated rings. The smallest absolute Gasteiger partial charge is 0.215 e. The predicted molar refractivity (Wildman–Crippen MR) is 183 cm³/mol. The summed E-state index contributed by atoms with van der Waals surface area (Å²) in [4.78, 5) is 0.287. The molecular weight excluding hydrogens is 599 g/mol. The molecular formula is C38H37O5PS. The van der Waals surface area contributed by atoms with Crippen molar-refractivity contribution in [2.75, 3.05) is 14.2 Å². The van der Waals surface area contributed by atoms with Gasteiger partial charge in [-0.15, -0.1) is 0 Å². The molecule has 5 aromatic rings. The van der Waals surface area contributed by atoms with Crippen molar-refractivity contribution >= 4 is 32.9 Å². The van der Waals surface area contributed by atoms with Crippen molar-refractivity contribution in [3.8, 4) is 33.8 Å². The number of hydrogen-bond donors (Lipinski definition) is 0. The maximum absolute atomic E-state index is 15.7. The van der Waals surface area contributed by atoms with Crippen LogP contribution in [0.5, 0.6) is 11.5 Å². The Labute approximate surface area is 266 Å². The van der Waals surface area contributed by atoms with Crippen molar-refractivity contribution in [3.05, 3.63) is 114 Å². The molecule has 5 nitrogen and oxygen atoms in total. The topological polar surface area (TPSA) is 69.7 Å². The lowest BCUT2D eigenvalue weighted by molar-refractivity contribution is 0.401. The van der Waals surface area contributed by atoms with E-state index in [-0.39, 0.29) is 27.4 Å². The lowest BCUT2D eigenvalue weighted by Gasteiger charge is -2.27. The van der Waals surface area contributed by atoms with E-state index in [0.717, 1.165) is 32.6 Å². The number of sulfone groups is 1. The monoisotopic (exact) mass is 636 g/mol. The van der Waals surface area contributed by atoms with E-state index in [0.29, 0.717) is 22.4 Å². The Morgan fingerprint density at radius 1 is 0.578 bits per heavy atom. The second kappa shape index (κ2) is 11.7. The summed E-state index contributed by atoms with van der Waals surface area (Å²) in [5.41, 5.74) is 4.70. The van der Waals surface area contributed by atoms with Gasteiger partial charge in [0.1, 0.15) is 21.3 Å². The van der Waals surface area contributed by atoms with Crippen LogP contribution >= 0.6 is 7.14 Å². The third-order valence-electron chi connectivity index (χ3n) is 8.68. The van der Waals surface area contributed by atoms with E-state index in [1.807, 2.05) is 72.8 Å². The number of fused-ring (bicyclic) bond motifs is 3. The highest BCUT2D eigenvalue weighted by Gasteiger charge is 2.40. The van der Waals surface area contributed by atoms with Gasteiger partial charge in [-0.25, -0.2) is 8.42 Å². The second-order valence-electron chi connectivity index (χ2n) is 11.9. The largest absolute Gasteiger partial charge is 0.495 e. The number of methoxy groups -OCH3 is 2. The summed E-state index contributed by atoms with van der Waals surface area (Å²) >= 11 is 0. The van der Waals surface area contributed by atoms with Gasteiger partial charge in [-0.3, -0.25) is 0 Å². The number of hydrogen-bond acceptors (Lipinski definition) is 5. The Balaban J connectivity index is 1.54. The first kappa shape index (κ1) is 30.9. The second-order valence-corrected chi connectivity index (χ2v) is 16.5. The molecule has 0 radical (unpaired) electrons. The molecule has 0 aliphatic carbocycles. The molecule has 0 unspecified atom stereocenters. The molecule has 230 valence electrons. The Morgan fingerprint density at radius 2 is 1.11 bits per heavy atom. The van der Waals surface area contributed by atoms with Crippen LogP contribution in [0.2, 0.25) is 0 Å². The van der Waals surface area contributed by atoms with Gasteiger partial charge < -0.3 is 14.0 Å². The average molecular weight is 637 g/mol. The molecule has 1 aliphatic heterocycles. The van der Waals surface area contributed by atoms with E-state index in [2.05, 4.69) is 39.8 Å². The van der Waals surface area contributed by atoms with Crippen LogP contribution < -0.4 is 25.4 Å². The van der Waals surface area contributed by atoms with E-state index in [1.54, 1.807) is 18.2 Å². The summed E-state index contributed by atoms with van der Waals surface area (Å²) in [6, 6.07) is 32.7. The predicted octanol–water partition coefficient (Wildman–Crippen LogP) is 8.07. The van der Waals surface area contributed by atoms with Gasteiger partial charge in [0.05, 0.1) is 14.2 Å². The molecule has 0 N–H and O–H groups in total. The van der Waals surface area contributed by atoms with Crippen molar-refractivity contribution < 1.29 is 22.5 Å². The van der Waals surface area contributed by atoms with Crippen molar-refractivity contribution in [2.45, 2.75) is 49.3 Å². The van der Waals surface area contributed by atoms with Crippen molar-refractivity contribution in [1.29, 1.82) is 0 Å². The Kier molecular flexibility index (Phi) is 8.01. The molecule has 0 amide bonds. The molecule has 5 aromatic carbocycles. The highest BCUT2D eigenvalue weighted by molar-refractivity contribution is 7.92. The molecule has 0 bridgehead atoms. The normalized spacial score (nSPS) is 13.5. The summed E-state index contributed by atoms with van der Waals surface area (Å²) in [5.74, 6) is 0.938. The van der Waals surface area contributed by atoms with Crippen LogP contribution in [-0.4, -0.2) is 22.6 Å². The van der Waals surface area contributed by atoms with E-state index in [4.69, 9.17) is 9.47 Å². The van der Waals surface area contributed by atoms with Crippen LogP contribution in [0, 0.1) is 0 Å². The first-order chi connectivity index (χ1) is 21.5. The van der Waals surface area contributed by atoms with Gasteiger partial charge in [0.25, 0.3) is 0 Å². The molecule has 6 rings (SSSR count). The highest BCUT2D eigenvalue weighted by atomic mass is 32.2. The lowest BCUT2D eigenvalue weighted by Crippen LogP contribution is -2.30.